The van der Waals surface area contributed by atoms with E-state index in [0.29, 0.717) is 18.7 Å². The van der Waals surface area contributed by atoms with Crippen molar-refractivity contribution < 1.29 is 22.4 Å². The lowest BCUT2D eigenvalue weighted by Gasteiger charge is -2.14. The Bertz CT molecular complexity index is 1340. The fraction of sp³-hybridized carbons (Fsp3) is 0.111. The largest absolute Gasteiger partial charge is 0.416 e. The Morgan fingerprint density at radius 2 is 1.64 bits per heavy atom. The number of anilines is 4. The van der Waals surface area contributed by atoms with Gasteiger partial charge in [0.2, 0.25) is 0 Å². The summed E-state index contributed by atoms with van der Waals surface area (Å²) in [4.78, 5) is 17.1. The molecule has 0 saturated carbocycles. The number of nitrogens with zero attached hydrogens (tertiary/aromatic N) is 1. The van der Waals surface area contributed by atoms with Crippen molar-refractivity contribution in [1.82, 2.24) is 4.98 Å². The molecule has 0 spiro atoms. The van der Waals surface area contributed by atoms with Crippen molar-refractivity contribution in [3.8, 4) is 0 Å². The van der Waals surface area contributed by atoms with Gasteiger partial charge in [-0.25, -0.2) is 4.39 Å². The van der Waals surface area contributed by atoms with Gasteiger partial charge in [0.1, 0.15) is 5.82 Å². The lowest BCUT2D eigenvalue weighted by Crippen LogP contribution is -2.14. The van der Waals surface area contributed by atoms with Gasteiger partial charge in [0.05, 0.1) is 22.5 Å². The van der Waals surface area contributed by atoms with Crippen molar-refractivity contribution in [2.45, 2.75) is 12.6 Å². The maximum Gasteiger partial charge on any atom is 0.416 e. The minimum absolute atomic E-state index is 0.178. The predicted octanol–water partition coefficient (Wildman–Crippen LogP) is 6.89. The van der Waals surface area contributed by atoms with Crippen LogP contribution in [0.4, 0.5) is 40.3 Å². The van der Waals surface area contributed by atoms with Gasteiger partial charge >= 0.3 is 6.18 Å². The monoisotopic (exact) mass is 494 g/mol. The molecule has 3 aromatic carbocycles. The van der Waals surface area contributed by atoms with Crippen LogP contribution in [0.25, 0.3) is 0 Å². The highest BCUT2D eigenvalue weighted by Gasteiger charge is 2.30. The summed E-state index contributed by atoms with van der Waals surface area (Å²) in [6.45, 7) is 0.480. The van der Waals surface area contributed by atoms with E-state index >= 15 is 0 Å². The van der Waals surface area contributed by atoms with Crippen LogP contribution in [0.1, 0.15) is 21.6 Å². The Morgan fingerprint density at radius 3 is 2.39 bits per heavy atom. The van der Waals surface area contributed by atoms with Gasteiger partial charge in [0.25, 0.3) is 5.91 Å². The molecule has 4 rings (SSSR count). The number of benzene rings is 3. The fourth-order valence-electron chi connectivity index (χ4n) is 3.52. The zero-order valence-electron chi connectivity index (χ0n) is 18.9. The van der Waals surface area contributed by atoms with E-state index in [9.17, 15) is 22.4 Å². The molecule has 1 heterocycles. The molecule has 3 N–H and O–H groups in total. The first kappa shape index (κ1) is 24.7. The Balaban J connectivity index is 1.42. The first-order chi connectivity index (χ1) is 17.3. The molecule has 36 heavy (non-hydrogen) atoms. The molecule has 1 aromatic heterocycles. The minimum Gasteiger partial charge on any atom is -0.382 e. The van der Waals surface area contributed by atoms with E-state index in [1.165, 1.54) is 30.3 Å². The maximum absolute atomic E-state index is 14.6. The first-order valence-electron chi connectivity index (χ1n) is 11.1. The molecular weight excluding hydrogens is 472 g/mol. The van der Waals surface area contributed by atoms with Gasteiger partial charge in [-0.3, -0.25) is 9.78 Å². The third-order valence-electron chi connectivity index (χ3n) is 5.29. The van der Waals surface area contributed by atoms with Crippen LogP contribution >= 0.6 is 0 Å². The third kappa shape index (κ3) is 6.38. The summed E-state index contributed by atoms with van der Waals surface area (Å²) in [7, 11) is 0. The summed E-state index contributed by atoms with van der Waals surface area (Å²) in [5.74, 6) is -1.08. The fourth-order valence-corrected chi connectivity index (χ4v) is 3.52. The van der Waals surface area contributed by atoms with E-state index < -0.39 is 23.5 Å². The number of halogens is 4. The van der Waals surface area contributed by atoms with E-state index in [2.05, 4.69) is 20.9 Å². The number of rotatable bonds is 8. The predicted molar refractivity (Wildman–Crippen MR) is 132 cm³/mol. The molecule has 0 atom stereocenters. The highest BCUT2D eigenvalue weighted by molar-refractivity contribution is 6.08. The maximum atomic E-state index is 14.6. The molecule has 0 aliphatic rings. The average Bonchev–Trinajstić information content (AvgIpc) is 2.86. The number of carbonyl (C=O) groups excluding carboxylic acids is 1. The second-order valence-corrected chi connectivity index (χ2v) is 7.90. The third-order valence-corrected chi connectivity index (χ3v) is 5.29. The number of carbonyl (C=O) groups is 1. The summed E-state index contributed by atoms with van der Waals surface area (Å²) >= 11 is 0. The molecule has 1 amide bonds. The number of alkyl halides is 3. The van der Waals surface area contributed by atoms with E-state index in [1.807, 2.05) is 18.2 Å². The van der Waals surface area contributed by atoms with Crippen LogP contribution in [-0.4, -0.2) is 17.4 Å². The van der Waals surface area contributed by atoms with Crippen molar-refractivity contribution in [1.29, 1.82) is 0 Å². The van der Waals surface area contributed by atoms with Crippen LogP contribution in [0.3, 0.4) is 0 Å². The quantitative estimate of drug-likeness (QED) is 0.233. The van der Waals surface area contributed by atoms with E-state index in [1.54, 1.807) is 30.5 Å². The molecule has 4 aromatic rings. The Labute approximate surface area is 205 Å². The van der Waals surface area contributed by atoms with Crippen molar-refractivity contribution in [2.75, 3.05) is 22.5 Å². The van der Waals surface area contributed by atoms with Crippen molar-refractivity contribution >= 4 is 28.7 Å². The molecule has 5 nitrogen and oxygen atoms in total. The SMILES string of the molecule is O=C(Nc1ccc(NCCc2ccccn2)c(F)c1)c1ccccc1Nc1cccc(C(F)(F)F)c1. The zero-order chi connectivity index (χ0) is 25.5. The van der Waals surface area contributed by atoms with Crippen LogP contribution in [0.15, 0.2) is 91.1 Å². The first-order valence-corrected chi connectivity index (χ1v) is 11.1. The number of hydrogen-bond donors (Lipinski definition) is 3. The number of hydrogen-bond acceptors (Lipinski definition) is 4. The van der Waals surface area contributed by atoms with Crippen LogP contribution in [0.5, 0.6) is 0 Å². The normalized spacial score (nSPS) is 11.1. The zero-order valence-corrected chi connectivity index (χ0v) is 18.9. The van der Waals surface area contributed by atoms with Crippen molar-refractivity contribution in [3.63, 3.8) is 0 Å². The molecule has 0 radical (unpaired) electrons. The highest BCUT2D eigenvalue weighted by atomic mass is 19.4. The van der Waals surface area contributed by atoms with Crippen LogP contribution < -0.4 is 16.0 Å². The lowest BCUT2D eigenvalue weighted by atomic mass is 10.1. The molecule has 0 unspecified atom stereocenters. The van der Waals surface area contributed by atoms with Crippen molar-refractivity contribution in [2.24, 2.45) is 0 Å². The van der Waals surface area contributed by atoms with Crippen molar-refractivity contribution in [3.05, 3.63) is 114 Å². The molecule has 9 heteroatoms. The standard InChI is InChI=1S/C27H22F4N4O/c28-23-17-21(11-12-25(23)33-15-13-19-7-3-4-14-32-19)35-26(36)22-9-1-2-10-24(22)34-20-8-5-6-18(16-20)27(29,30)31/h1-12,14,16-17,33-34H,13,15H2,(H,35,36). The van der Waals surface area contributed by atoms with Crippen LogP contribution in [0.2, 0.25) is 0 Å². The van der Waals surface area contributed by atoms with Gasteiger partial charge in [0.15, 0.2) is 0 Å². The molecule has 0 fully saturated rings. The summed E-state index contributed by atoms with van der Waals surface area (Å²) in [6, 6.07) is 20.9. The van der Waals surface area contributed by atoms with Crippen LogP contribution in [-0.2, 0) is 12.6 Å². The number of aromatic nitrogens is 1. The summed E-state index contributed by atoms with van der Waals surface area (Å²) in [6.07, 6.45) is -2.17. The van der Waals surface area contributed by atoms with Gasteiger partial charge in [-0.2, -0.15) is 13.2 Å². The second-order valence-electron chi connectivity index (χ2n) is 7.90. The molecule has 0 saturated heterocycles. The smallest absolute Gasteiger partial charge is 0.382 e. The lowest BCUT2D eigenvalue weighted by molar-refractivity contribution is -0.137. The Kier molecular flexibility index (Phi) is 7.48. The minimum atomic E-state index is -4.49. The van der Waals surface area contributed by atoms with Gasteiger partial charge in [-0.15, -0.1) is 0 Å². The van der Waals surface area contributed by atoms with Gasteiger partial charge in [0, 0.05) is 36.2 Å². The molecule has 0 bridgehead atoms. The van der Waals surface area contributed by atoms with Crippen LogP contribution in [0, 0.1) is 5.82 Å². The number of amides is 1. The number of nitrogens with one attached hydrogen (secondary N) is 3. The van der Waals surface area contributed by atoms with E-state index in [0.717, 1.165) is 17.8 Å². The summed E-state index contributed by atoms with van der Waals surface area (Å²) in [5.41, 5.74) is 1.27. The number of para-hydroxylation sites is 1. The molecule has 184 valence electrons. The van der Waals surface area contributed by atoms with E-state index in [-0.39, 0.29) is 22.6 Å². The Morgan fingerprint density at radius 1 is 0.833 bits per heavy atom. The second kappa shape index (κ2) is 10.9. The number of pyridine rings is 1. The topological polar surface area (TPSA) is 66.0 Å². The molecule has 0 aliphatic heterocycles. The van der Waals surface area contributed by atoms with Gasteiger partial charge in [-0.1, -0.05) is 24.3 Å². The molecular formula is C27H22F4N4O. The summed E-state index contributed by atoms with van der Waals surface area (Å²) < 4.78 is 53.7. The summed E-state index contributed by atoms with van der Waals surface area (Å²) in [5, 5.41) is 8.50. The Hall–Kier alpha value is -4.40. The average molecular weight is 494 g/mol. The van der Waals surface area contributed by atoms with E-state index in [4.69, 9.17) is 0 Å². The van der Waals surface area contributed by atoms with Gasteiger partial charge < -0.3 is 16.0 Å². The van der Waals surface area contributed by atoms with Gasteiger partial charge in [-0.05, 0) is 60.7 Å². The molecule has 0 aliphatic carbocycles. The highest BCUT2D eigenvalue weighted by Crippen LogP contribution is 2.32.